The predicted octanol–water partition coefficient (Wildman–Crippen LogP) is 6.77. The zero-order chi connectivity index (χ0) is 19.2. The SMILES string of the molecule is CC(C)(C)[C@@H]1CCc2c(sc(N=Cc3c[nH]c4ccc(Br)cc34)c2C#N)C1. The normalized spacial score (nSPS) is 17.4. The lowest BCUT2D eigenvalue weighted by Crippen LogP contribution is -2.26. The fraction of sp³-hybridized carbons (Fsp3) is 0.364. The van der Waals surface area contributed by atoms with E-state index >= 15 is 0 Å². The highest BCUT2D eigenvalue weighted by Gasteiger charge is 2.32. The summed E-state index contributed by atoms with van der Waals surface area (Å²) in [6, 6.07) is 8.57. The van der Waals surface area contributed by atoms with Crippen LogP contribution in [0.25, 0.3) is 10.9 Å². The van der Waals surface area contributed by atoms with Crippen molar-refractivity contribution in [3.63, 3.8) is 0 Å². The second-order valence-electron chi connectivity index (χ2n) is 8.29. The lowest BCUT2D eigenvalue weighted by Gasteiger charge is -2.33. The Kier molecular flexibility index (Phi) is 4.73. The van der Waals surface area contributed by atoms with Crippen molar-refractivity contribution in [2.45, 2.75) is 40.0 Å². The van der Waals surface area contributed by atoms with Crippen LogP contribution in [0.5, 0.6) is 0 Å². The van der Waals surface area contributed by atoms with E-state index in [0.717, 1.165) is 50.8 Å². The maximum absolute atomic E-state index is 9.72. The first-order valence-corrected chi connectivity index (χ1v) is 10.8. The van der Waals surface area contributed by atoms with Gasteiger partial charge in [0.2, 0.25) is 0 Å². The molecule has 0 bridgehead atoms. The van der Waals surface area contributed by atoms with E-state index in [9.17, 15) is 5.26 Å². The van der Waals surface area contributed by atoms with Gasteiger partial charge in [0.15, 0.2) is 0 Å². The molecule has 1 aliphatic carbocycles. The van der Waals surface area contributed by atoms with Crippen LogP contribution in [-0.2, 0) is 12.8 Å². The minimum absolute atomic E-state index is 0.301. The standard InChI is InChI=1S/C22H22BrN3S/c1-22(2,3)14-4-6-16-18(10-24)21(27-20(16)8-14)26-12-13-11-25-19-7-5-15(23)9-17(13)19/h5,7,9,11-12,14,25H,4,6,8H2,1-3H3/t14-/m1/s1. The monoisotopic (exact) mass is 439 g/mol. The first-order valence-electron chi connectivity index (χ1n) is 9.22. The van der Waals surface area contributed by atoms with Crippen LogP contribution in [0.15, 0.2) is 33.9 Å². The first-order chi connectivity index (χ1) is 12.9. The second-order valence-corrected chi connectivity index (χ2v) is 10.3. The van der Waals surface area contributed by atoms with E-state index in [0.29, 0.717) is 11.3 Å². The molecule has 0 spiro atoms. The van der Waals surface area contributed by atoms with Gasteiger partial charge in [0, 0.05) is 38.2 Å². The van der Waals surface area contributed by atoms with Gasteiger partial charge in [-0.1, -0.05) is 36.7 Å². The summed E-state index contributed by atoms with van der Waals surface area (Å²) >= 11 is 5.23. The first kappa shape index (κ1) is 18.5. The molecule has 138 valence electrons. The number of aromatic nitrogens is 1. The highest BCUT2D eigenvalue weighted by atomic mass is 79.9. The molecule has 1 atom stereocenters. The van der Waals surface area contributed by atoms with Gasteiger partial charge in [-0.3, -0.25) is 0 Å². The van der Waals surface area contributed by atoms with Crippen LogP contribution in [0, 0.1) is 22.7 Å². The van der Waals surface area contributed by atoms with Crippen molar-refractivity contribution in [1.29, 1.82) is 5.26 Å². The Balaban J connectivity index is 1.69. The number of aromatic amines is 1. The molecule has 0 saturated heterocycles. The molecule has 0 aliphatic heterocycles. The van der Waals surface area contributed by atoms with Crippen LogP contribution in [0.3, 0.4) is 0 Å². The topological polar surface area (TPSA) is 51.9 Å². The number of nitriles is 1. The van der Waals surface area contributed by atoms with E-state index in [4.69, 9.17) is 4.99 Å². The van der Waals surface area contributed by atoms with Gasteiger partial charge in [-0.25, -0.2) is 4.99 Å². The van der Waals surface area contributed by atoms with Crippen molar-refractivity contribution in [2.24, 2.45) is 16.3 Å². The Hall–Kier alpha value is -1.90. The van der Waals surface area contributed by atoms with Gasteiger partial charge in [0.05, 0.1) is 5.56 Å². The van der Waals surface area contributed by atoms with Gasteiger partial charge >= 0.3 is 0 Å². The van der Waals surface area contributed by atoms with Gasteiger partial charge in [0.1, 0.15) is 11.1 Å². The summed E-state index contributed by atoms with van der Waals surface area (Å²) in [5.74, 6) is 0.665. The maximum Gasteiger partial charge on any atom is 0.134 e. The molecule has 1 N–H and O–H groups in total. The van der Waals surface area contributed by atoms with E-state index < -0.39 is 0 Å². The van der Waals surface area contributed by atoms with E-state index in [1.807, 2.05) is 24.5 Å². The molecular weight excluding hydrogens is 418 g/mol. The molecule has 4 rings (SSSR count). The van der Waals surface area contributed by atoms with Crippen molar-refractivity contribution < 1.29 is 0 Å². The Morgan fingerprint density at radius 3 is 2.93 bits per heavy atom. The van der Waals surface area contributed by atoms with Gasteiger partial charge < -0.3 is 4.98 Å². The largest absolute Gasteiger partial charge is 0.361 e. The third-order valence-corrected chi connectivity index (χ3v) is 7.24. The summed E-state index contributed by atoms with van der Waals surface area (Å²) in [6.07, 6.45) is 7.06. The third kappa shape index (κ3) is 3.49. The van der Waals surface area contributed by atoms with Crippen molar-refractivity contribution in [2.75, 3.05) is 0 Å². The maximum atomic E-state index is 9.72. The quantitative estimate of drug-likeness (QED) is 0.440. The number of hydrogen-bond acceptors (Lipinski definition) is 3. The van der Waals surface area contributed by atoms with Crippen LogP contribution in [-0.4, -0.2) is 11.2 Å². The predicted molar refractivity (Wildman–Crippen MR) is 117 cm³/mol. The van der Waals surface area contributed by atoms with Crippen LogP contribution in [0.1, 0.15) is 48.8 Å². The molecule has 2 aromatic heterocycles. The van der Waals surface area contributed by atoms with Crippen molar-refractivity contribution in [1.82, 2.24) is 4.98 Å². The molecule has 0 fully saturated rings. The molecular formula is C22H22BrN3S. The van der Waals surface area contributed by atoms with Crippen LogP contribution in [0.4, 0.5) is 5.00 Å². The minimum atomic E-state index is 0.301. The van der Waals surface area contributed by atoms with E-state index in [-0.39, 0.29) is 0 Å². The Morgan fingerprint density at radius 2 is 2.19 bits per heavy atom. The fourth-order valence-electron chi connectivity index (χ4n) is 3.87. The number of halogens is 1. The van der Waals surface area contributed by atoms with Gasteiger partial charge in [-0.2, -0.15) is 5.26 Å². The highest BCUT2D eigenvalue weighted by molar-refractivity contribution is 9.10. The molecule has 0 unspecified atom stereocenters. The Morgan fingerprint density at radius 1 is 1.37 bits per heavy atom. The molecule has 3 aromatic rings. The Bertz CT molecular complexity index is 1080. The summed E-state index contributed by atoms with van der Waals surface area (Å²) < 4.78 is 1.04. The number of thiophene rings is 1. The Labute approximate surface area is 172 Å². The van der Waals surface area contributed by atoms with Crippen LogP contribution >= 0.6 is 27.3 Å². The summed E-state index contributed by atoms with van der Waals surface area (Å²) in [4.78, 5) is 9.36. The molecule has 3 nitrogen and oxygen atoms in total. The number of nitrogens with one attached hydrogen (secondary N) is 1. The van der Waals surface area contributed by atoms with E-state index in [1.165, 1.54) is 10.4 Å². The average molecular weight is 440 g/mol. The number of H-pyrrole nitrogens is 1. The number of hydrogen-bond donors (Lipinski definition) is 1. The van der Waals surface area contributed by atoms with Crippen LogP contribution in [0.2, 0.25) is 0 Å². The minimum Gasteiger partial charge on any atom is -0.361 e. The third-order valence-electron chi connectivity index (χ3n) is 5.58. The smallest absolute Gasteiger partial charge is 0.134 e. The fourth-order valence-corrected chi connectivity index (χ4v) is 5.45. The zero-order valence-corrected chi connectivity index (χ0v) is 18.2. The summed E-state index contributed by atoms with van der Waals surface area (Å²) in [5, 5.41) is 11.7. The van der Waals surface area contributed by atoms with Crippen molar-refractivity contribution in [3.8, 4) is 6.07 Å². The molecule has 0 amide bonds. The molecule has 5 heteroatoms. The van der Waals surface area contributed by atoms with E-state index in [2.05, 4.69) is 53.8 Å². The summed E-state index contributed by atoms with van der Waals surface area (Å²) in [7, 11) is 0. The average Bonchev–Trinajstić information content (AvgIpc) is 3.18. The molecule has 1 aliphatic rings. The lowest BCUT2D eigenvalue weighted by molar-refractivity contribution is 0.218. The van der Waals surface area contributed by atoms with Gasteiger partial charge in [-0.15, -0.1) is 11.3 Å². The van der Waals surface area contributed by atoms with Gasteiger partial charge in [-0.05, 0) is 54.4 Å². The molecule has 0 saturated carbocycles. The highest BCUT2D eigenvalue weighted by Crippen LogP contribution is 2.44. The summed E-state index contributed by atoms with van der Waals surface area (Å²) in [5.41, 5.74) is 4.43. The molecule has 0 radical (unpaired) electrons. The molecule has 2 heterocycles. The number of rotatable bonds is 2. The molecule has 27 heavy (non-hydrogen) atoms. The number of fused-ring (bicyclic) bond motifs is 2. The second kappa shape index (κ2) is 6.92. The zero-order valence-electron chi connectivity index (χ0n) is 15.8. The van der Waals surface area contributed by atoms with Crippen molar-refractivity contribution in [3.05, 3.63) is 50.4 Å². The van der Waals surface area contributed by atoms with Crippen molar-refractivity contribution >= 4 is 49.4 Å². The van der Waals surface area contributed by atoms with E-state index in [1.54, 1.807) is 11.3 Å². The summed E-state index contributed by atoms with van der Waals surface area (Å²) in [6.45, 7) is 6.95. The lowest BCUT2D eigenvalue weighted by atomic mass is 9.72. The molecule has 1 aromatic carbocycles. The number of benzene rings is 1. The van der Waals surface area contributed by atoms with Gasteiger partial charge in [0.25, 0.3) is 0 Å². The van der Waals surface area contributed by atoms with Crippen LogP contribution < -0.4 is 0 Å². The number of nitrogens with zero attached hydrogens (tertiary/aromatic N) is 2. The number of aliphatic imine (C=N–C) groups is 1.